The molecule has 0 unspecified atom stereocenters. The molecular weight excluding hydrogens is 308 g/mol. The van der Waals surface area contributed by atoms with Gasteiger partial charge in [-0.15, -0.1) is 0 Å². The van der Waals surface area contributed by atoms with Gasteiger partial charge in [-0.25, -0.2) is 14.4 Å². The highest BCUT2D eigenvalue weighted by Gasteiger charge is 2.20. The Kier molecular flexibility index (Phi) is 7.68. The van der Waals surface area contributed by atoms with E-state index in [0.29, 0.717) is 0 Å². The molecule has 0 spiro atoms. The van der Waals surface area contributed by atoms with Crippen molar-refractivity contribution in [1.29, 1.82) is 0 Å². The average molecular weight is 318 g/mol. The van der Waals surface area contributed by atoms with Crippen molar-refractivity contribution < 1.29 is 53.2 Å². The van der Waals surface area contributed by atoms with Gasteiger partial charge in [-0.05, 0) is 0 Å². The van der Waals surface area contributed by atoms with Gasteiger partial charge < -0.3 is 19.7 Å². The van der Waals surface area contributed by atoms with Crippen molar-refractivity contribution in [2.75, 3.05) is 0 Å². The van der Waals surface area contributed by atoms with Gasteiger partial charge >= 0.3 is 30.0 Å². The number of carbonyl (C=O) groups is 7. The number of carboxylic acids is 2. The Bertz CT molecular complexity index is 484. The topological polar surface area (TPSA) is 178 Å². The zero-order valence-corrected chi connectivity index (χ0v) is 10.9. The van der Waals surface area contributed by atoms with Crippen LogP contribution in [-0.4, -0.2) is 51.8 Å². The molecule has 120 valence electrons. The van der Waals surface area contributed by atoms with Crippen LogP contribution in [-0.2, 0) is 38.2 Å². The first-order valence-electron chi connectivity index (χ1n) is 5.61. The zero-order chi connectivity index (χ0) is 17.3. The van der Waals surface area contributed by atoms with E-state index in [1.807, 2.05) is 0 Å². The minimum Gasteiger partial charge on any atom is -0.476 e. The van der Waals surface area contributed by atoms with Crippen LogP contribution < -0.4 is 0 Å². The van der Waals surface area contributed by atoms with E-state index in [-0.39, 0.29) is 0 Å². The predicted octanol–water partition coefficient (Wildman–Crippen LogP) is -0.939. The second-order valence-electron chi connectivity index (χ2n) is 3.65. The van der Waals surface area contributed by atoms with Crippen LogP contribution in [0.15, 0.2) is 0 Å². The van der Waals surface area contributed by atoms with E-state index in [2.05, 4.69) is 9.47 Å². The summed E-state index contributed by atoms with van der Waals surface area (Å²) in [7, 11) is 0. The maximum absolute atomic E-state index is 11.0. The molecule has 0 saturated carbocycles. The molecule has 0 amide bonds. The number of hydrogen-bond acceptors (Lipinski definition) is 9. The summed E-state index contributed by atoms with van der Waals surface area (Å²) in [5, 5.41) is 16.5. The second kappa shape index (κ2) is 8.94. The van der Waals surface area contributed by atoms with E-state index in [9.17, 15) is 33.6 Å². The average Bonchev–Trinajstić information content (AvgIpc) is 2.41. The number of ether oxygens (including phenoxy) is 2. The van der Waals surface area contributed by atoms with Crippen molar-refractivity contribution in [1.82, 2.24) is 0 Å². The van der Waals surface area contributed by atoms with Crippen molar-refractivity contribution in [2.45, 2.75) is 25.7 Å². The zero-order valence-electron chi connectivity index (χ0n) is 10.9. The molecule has 11 heteroatoms. The summed E-state index contributed by atoms with van der Waals surface area (Å²) in [4.78, 5) is 74.6. The largest absolute Gasteiger partial charge is 0.524 e. The van der Waals surface area contributed by atoms with E-state index in [1.165, 1.54) is 0 Å². The van der Waals surface area contributed by atoms with Crippen LogP contribution in [0.2, 0.25) is 0 Å². The third kappa shape index (κ3) is 8.14. The molecule has 0 bridgehead atoms. The third-order valence-corrected chi connectivity index (χ3v) is 1.98. The fraction of sp³-hybridized carbons (Fsp3) is 0.364. The fourth-order valence-corrected chi connectivity index (χ4v) is 0.954. The first-order valence-corrected chi connectivity index (χ1v) is 5.61. The molecule has 0 saturated heterocycles. The summed E-state index contributed by atoms with van der Waals surface area (Å²) < 4.78 is 7.88. The minimum absolute atomic E-state index is 0.706. The monoisotopic (exact) mass is 318 g/mol. The van der Waals surface area contributed by atoms with Crippen molar-refractivity contribution >= 4 is 41.6 Å². The first-order chi connectivity index (χ1) is 10.1. The van der Waals surface area contributed by atoms with Gasteiger partial charge in [0.25, 0.3) is 0 Å². The van der Waals surface area contributed by atoms with E-state index >= 15 is 0 Å². The number of rotatable bonds is 8. The highest BCUT2D eigenvalue weighted by Crippen LogP contribution is 2.00. The second-order valence-corrected chi connectivity index (χ2v) is 3.65. The Morgan fingerprint density at radius 2 is 0.909 bits per heavy atom. The molecule has 2 N–H and O–H groups in total. The lowest BCUT2D eigenvalue weighted by molar-refractivity contribution is -0.151. The molecule has 0 radical (unpaired) electrons. The number of carboxylic acid groups (broad SMARTS) is 2. The summed E-state index contributed by atoms with van der Waals surface area (Å²) in [6.45, 7) is 0. The van der Waals surface area contributed by atoms with Crippen LogP contribution in [0.3, 0.4) is 0 Å². The van der Waals surface area contributed by atoms with Crippen LogP contribution in [0.25, 0.3) is 0 Å². The number of carbonyl (C=O) groups excluding carboxylic acids is 5. The molecule has 0 aliphatic carbocycles. The van der Waals surface area contributed by atoms with Gasteiger partial charge in [-0.3, -0.25) is 19.2 Å². The number of esters is 2. The van der Waals surface area contributed by atoms with E-state index in [4.69, 9.17) is 10.2 Å². The van der Waals surface area contributed by atoms with Crippen LogP contribution >= 0.6 is 0 Å². The summed E-state index contributed by atoms with van der Waals surface area (Å²) in [6, 6.07) is 0. The predicted molar refractivity (Wildman–Crippen MR) is 61.3 cm³/mol. The van der Waals surface area contributed by atoms with Gasteiger partial charge in [0.15, 0.2) is 0 Å². The Morgan fingerprint density at radius 3 is 1.18 bits per heavy atom. The molecule has 0 aliphatic heterocycles. The van der Waals surface area contributed by atoms with Crippen molar-refractivity contribution in [3.63, 3.8) is 0 Å². The molecule has 0 heterocycles. The lowest BCUT2D eigenvalue weighted by Crippen LogP contribution is -2.21. The lowest BCUT2D eigenvalue weighted by atomic mass is 10.2. The summed E-state index contributed by atoms with van der Waals surface area (Å²) in [6.07, 6.45) is -4.58. The minimum atomic E-state index is -1.76. The lowest BCUT2D eigenvalue weighted by Gasteiger charge is -2.02. The number of ketones is 2. The molecule has 22 heavy (non-hydrogen) atoms. The molecule has 0 fully saturated rings. The van der Waals surface area contributed by atoms with Crippen molar-refractivity contribution in [2.24, 2.45) is 0 Å². The number of aliphatic carboxylic acids is 2. The molecule has 0 aliphatic rings. The molecule has 0 aromatic heterocycles. The van der Waals surface area contributed by atoms with E-state index in [0.717, 1.165) is 0 Å². The maximum atomic E-state index is 11.0. The quantitative estimate of drug-likeness (QED) is 0.320. The highest BCUT2D eigenvalue weighted by atomic mass is 16.8. The first kappa shape index (κ1) is 18.9. The van der Waals surface area contributed by atoms with Gasteiger partial charge in [0.2, 0.25) is 11.6 Å². The Balaban J connectivity index is 4.07. The molecule has 0 aromatic carbocycles. The van der Waals surface area contributed by atoms with Crippen molar-refractivity contribution in [3.05, 3.63) is 0 Å². The number of hydrogen-bond donors (Lipinski definition) is 2. The van der Waals surface area contributed by atoms with Crippen LogP contribution in [0.4, 0.5) is 4.79 Å². The molecule has 0 atom stereocenters. The van der Waals surface area contributed by atoms with Gasteiger partial charge in [0.1, 0.15) is 0 Å². The normalized spacial score (nSPS) is 9.45. The Hall–Kier alpha value is -3.11. The third-order valence-electron chi connectivity index (χ3n) is 1.98. The van der Waals surface area contributed by atoms with E-state index < -0.39 is 67.3 Å². The SMILES string of the molecule is O=C(CCC(=O)C(=O)O)OC(=O)OC(=O)CCC(=O)C(=O)O. The van der Waals surface area contributed by atoms with Crippen LogP contribution in [0.5, 0.6) is 0 Å². The highest BCUT2D eigenvalue weighted by molar-refractivity contribution is 6.33. The fourth-order valence-electron chi connectivity index (χ4n) is 0.954. The standard InChI is InChI=1S/C11H10O11/c12-5(9(16)17)1-3-7(14)21-11(20)22-8(15)4-2-6(13)10(18)19/h1-4H2,(H,16,17)(H,18,19). The summed E-state index contributed by atoms with van der Waals surface area (Å²) in [5.74, 6) is -8.65. The molecule has 0 rings (SSSR count). The Labute approximate surface area is 121 Å². The smallest absolute Gasteiger partial charge is 0.476 e. The van der Waals surface area contributed by atoms with Crippen molar-refractivity contribution in [3.8, 4) is 0 Å². The van der Waals surface area contributed by atoms with Gasteiger partial charge in [0.05, 0.1) is 12.8 Å². The summed E-state index contributed by atoms with van der Waals surface area (Å²) in [5.41, 5.74) is 0. The van der Waals surface area contributed by atoms with Crippen LogP contribution in [0, 0.1) is 0 Å². The van der Waals surface area contributed by atoms with Crippen LogP contribution in [0.1, 0.15) is 25.7 Å². The van der Waals surface area contributed by atoms with Gasteiger partial charge in [-0.1, -0.05) is 0 Å². The van der Waals surface area contributed by atoms with Gasteiger partial charge in [0, 0.05) is 12.8 Å². The summed E-state index contributed by atoms with van der Waals surface area (Å²) >= 11 is 0. The molecular formula is C11H10O11. The Morgan fingerprint density at radius 1 is 0.591 bits per heavy atom. The van der Waals surface area contributed by atoms with Gasteiger partial charge in [-0.2, -0.15) is 0 Å². The molecule has 11 nitrogen and oxygen atoms in total. The van der Waals surface area contributed by atoms with E-state index in [1.54, 1.807) is 0 Å². The number of Topliss-reactive ketones (excluding diaryl/α,β-unsaturated/α-hetero) is 2. The molecule has 0 aromatic rings. The maximum Gasteiger partial charge on any atom is 0.524 e.